The number of benzene rings is 2. The van der Waals surface area contributed by atoms with Crippen LogP contribution in [0.2, 0.25) is 5.02 Å². The van der Waals surface area contributed by atoms with Gasteiger partial charge in [-0.05, 0) is 42.0 Å². The first kappa shape index (κ1) is 31.4. The molecule has 0 aliphatic heterocycles. The van der Waals surface area contributed by atoms with Gasteiger partial charge in [0.2, 0.25) is 5.91 Å². The molecule has 0 radical (unpaired) electrons. The van der Waals surface area contributed by atoms with Crippen molar-refractivity contribution in [2.45, 2.75) is 24.4 Å². The highest BCUT2D eigenvalue weighted by atomic mass is 79.9. The molecule has 0 aromatic heterocycles. The summed E-state index contributed by atoms with van der Waals surface area (Å²) in [6, 6.07) is 4.29. The molecule has 0 saturated carbocycles. The Morgan fingerprint density at radius 2 is 1.58 bits per heavy atom. The van der Waals surface area contributed by atoms with Crippen molar-refractivity contribution in [3.05, 3.63) is 74.2 Å². The molecule has 0 bridgehead atoms. The Balaban J connectivity index is 2.39. The highest BCUT2D eigenvalue weighted by Gasteiger charge is 2.41. The van der Waals surface area contributed by atoms with Gasteiger partial charge < -0.3 is 10.6 Å². The predicted molar refractivity (Wildman–Crippen MR) is 120 cm³/mol. The van der Waals surface area contributed by atoms with E-state index in [2.05, 4.69) is 15.9 Å². The number of hydrogen-bond acceptors (Lipinski definition) is 2. The molecular weight excluding hydrogens is 630 g/mol. The molecule has 0 aliphatic carbocycles. The Morgan fingerprint density at radius 3 is 2.11 bits per heavy atom. The van der Waals surface area contributed by atoms with Gasteiger partial charge >= 0.3 is 18.5 Å². The summed E-state index contributed by atoms with van der Waals surface area (Å²) in [5.74, 6) is -7.22. The normalized spacial score (nSPS) is 13.7. The van der Waals surface area contributed by atoms with E-state index in [1.807, 2.05) is 0 Å². The first-order valence-corrected chi connectivity index (χ1v) is 11.2. The molecule has 2 amide bonds. The van der Waals surface area contributed by atoms with Gasteiger partial charge in [0.1, 0.15) is 18.3 Å². The second kappa shape index (κ2) is 11.9. The summed E-state index contributed by atoms with van der Waals surface area (Å²) in [5.41, 5.74) is -4.38. The van der Waals surface area contributed by atoms with Crippen LogP contribution < -0.4 is 10.6 Å². The summed E-state index contributed by atoms with van der Waals surface area (Å²) in [5, 5.41) is 2.95. The van der Waals surface area contributed by atoms with E-state index in [1.54, 1.807) is 5.32 Å². The molecule has 1 unspecified atom stereocenters. The molecule has 16 heteroatoms. The van der Waals surface area contributed by atoms with Crippen LogP contribution in [0.5, 0.6) is 0 Å². The van der Waals surface area contributed by atoms with Gasteiger partial charge in [-0.1, -0.05) is 33.6 Å². The summed E-state index contributed by atoms with van der Waals surface area (Å²) >= 11 is 8.70. The second-order valence-corrected chi connectivity index (χ2v) is 8.92. The van der Waals surface area contributed by atoms with Gasteiger partial charge in [0.15, 0.2) is 0 Å². The maximum Gasteiger partial charge on any atom is 0.417 e. The molecule has 2 rings (SSSR count). The van der Waals surface area contributed by atoms with Crippen LogP contribution in [-0.2, 0) is 11.0 Å². The monoisotopic (exact) mass is 642 g/mol. The van der Waals surface area contributed by atoms with Crippen LogP contribution in [0, 0.1) is 0 Å². The number of rotatable bonds is 7. The van der Waals surface area contributed by atoms with Crippen LogP contribution in [0.1, 0.15) is 33.0 Å². The van der Waals surface area contributed by atoms with Crippen molar-refractivity contribution < 1.29 is 53.5 Å². The molecule has 0 spiro atoms. The van der Waals surface area contributed by atoms with Gasteiger partial charge in [0, 0.05) is 15.1 Å². The lowest BCUT2D eigenvalue weighted by Crippen LogP contribution is -2.41. The largest absolute Gasteiger partial charge is 0.417 e. The summed E-state index contributed by atoms with van der Waals surface area (Å²) in [7, 11) is 0. The number of nitrogens with one attached hydrogen (secondary N) is 2. The van der Waals surface area contributed by atoms with Crippen LogP contribution in [0.15, 0.2) is 46.9 Å². The van der Waals surface area contributed by atoms with E-state index in [0.29, 0.717) is 12.1 Å². The van der Waals surface area contributed by atoms with E-state index in [0.717, 1.165) is 12.1 Å². The molecule has 0 saturated heterocycles. The van der Waals surface area contributed by atoms with Gasteiger partial charge in [0.25, 0.3) is 5.91 Å². The van der Waals surface area contributed by atoms with Crippen molar-refractivity contribution in [2.24, 2.45) is 0 Å². The molecule has 208 valence electrons. The van der Waals surface area contributed by atoms with Crippen molar-refractivity contribution in [1.29, 1.82) is 0 Å². The van der Waals surface area contributed by atoms with Crippen molar-refractivity contribution in [2.75, 3.05) is 13.1 Å². The number of alkyl halides is 9. The number of allylic oxidation sites excluding steroid dienone is 1. The highest BCUT2D eigenvalue weighted by Crippen LogP contribution is 2.41. The van der Waals surface area contributed by atoms with E-state index < -0.39 is 77.4 Å². The number of hydrogen-bond donors (Lipinski definition) is 2. The van der Waals surface area contributed by atoms with Gasteiger partial charge in [0.05, 0.1) is 17.7 Å². The van der Waals surface area contributed by atoms with Crippen LogP contribution in [-0.4, -0.2) is 37.3 Å². The number of carbonyl (C=O) groups excluding carboxylic acids is 2. The maximum atomic E-state index is 14.8. The van der Waals surface area contributed by atoms with Crippen molar-refractivity contribution in [3.8, 4) is 0 Å². The molecule has 2 N–H and O–H groups in total. The Morgan fingerprint density at radius 1 is 0.947 bits per heavy atom. The van der Waals surface area contributed by atoms with E-state index >= 15 is 0 Å². The third-order valence-corrected chi connectivity index (χ3v) is 5.33. The molecule has 2 aromatic rings. The molecule has 38 heavy (non-hydrogen) atoms. The van der Waals surface area contributed by atoms with Gasteiger partial charge in [-0.15, -0.1) is 0 Å². The van der Waals surface area contributed by atoms with Gasteiger partial charge in [-0.2, -0.15) is 39.5 Å². The minimum Gasteiger partial charge on any atom is -0.345 e. The Hall–Kier alpha value is -2.81. The Bertz CT molecular complexity index is 1210. The lowest BCUT2D eigenvalue weighted by molar-refractivity contribution is -0.140. The molecule has 0 fully saturated rings. The Kier molecular flexibility index (Phi) is 9.86. The van der Waals surface area contributed by atoms with E-state index in [-0.39, 0.29) is 21.6 Å². The van der Waals surface area contributed by atoms with Crippen molar-refractivity contribution in [1.82, 2.24) is 10.6 Å². The summed E-state index contributed by atoms with van der Waals surface area (Å²) in [6.45, 7) is -2.87. The molecule has 2 aromatic carbocycles. The Labute approximate surface area is 221 Å². The maximum absolute atomic E-state index is 14.8. The molecular formula is C22H14BrClF10N2O2. The molecule has 0 aliphatic rings. The quantitative estimate of drug-likeness (QED) is 0.314. The first-order valence-electron chi connectivity index (χ1n) is 10.0. The topological polar surface area (TPSA) is 58.2 Å². The van der Waals surface area contributed by atoms with Crippen molar-refractivity contribution in [3.63, 3.8) is 0 Å². The van der Waals surface area contributed by atoms with Crippen LogP contribution in [0.4, 0.5) is 43.9 Å². The third-order valence-electron chi connectivity index (χ3n) is 4.65. The zero-order valence-electron chi connectivity index (χ0n) is 18.4. The zero-order valence-corrected chi connectivity index (χ0v) is 20.7. The fraction of sp³-hybridized carbons (Fsp3) is 0.273. The predicted octanol–water partition coefficient (Wildman–Crippen LogP) is 7.19. The average Bonchev–Trinajstić information content (AvgIpc) is 2.76. The lowest BCUT2D eigenvalue weighted by atomic mass is 9.95. The number of carbonyl (C=O) groups is 2. The van der Waals surface area contributed by atoms with Crippen LogP contribution >= 0.6 is 27.5 Å². The minimum atomic E-state index is -5.30. The minimum absolute atomic E-state index is 0.0400. The van der Waals surface area contributed by atoms with Gasteiger partial charge in [-0.25, -0.2) is 4.39 Å². The average molecular weight is 644 g/mol. The summed E-state index contributed by atoms with van der Waals surface area (Å²) in [4.78, 5) is 23.6. The first-order chi connectivity index (χ1) is 17.3. The van der Waals surface area contributed by atoms with E-state index in [1.165, 1.54) is 11.4 Å². The summed E-state index contributed by atoms with van der Waals surface area (Å²) in [6.07, 6.45) is -15.1. The van der Waals surface area contributed by atoms with Crippen molar-refractivity contribution >= 4 is 45.2 Å². The third kappa shape index (κ3) is 9.19. The smallest absolute Gasteiger partial charge is 0.345 e. The van der Waals surface area contributed by atoms with E-state index in [9.17, 15) is 53.5 Å². The number of halogens is 12. The second-order valence-electron chi connectivity index (χ2n) is 7.57. The van der Waals surface area contributed by atoms with E-state index in [4.69, 9.17) is 11.6 Å². The van der Waals surface area contributed by atoms with Crippen LogP contribution in [0.25, 0.3) is 5.83 Å². The highest BCUT2D eigenvalue weighted by molar-refractivity contribution is 9.10. The molecule has 1 atom stereocenters. The molecule has 0 heterocycles. The molecule has 4 nitrogen and oxygen atoms in total. The SMILES string of the molecule is O=C(CNC(=O)c1ccc(/C(F)=C/C(c2cc(Cl)cc(Br)c2)C(F)(F)F)cc1C(F)(F)F)NCC(F)(F)F. The fourth-order valence-electron chi connectivity index (χ4n) is 3.02. The summed E-state index contributed by atoms with van der Waals surface area (Å²) < 4.78 is 133. The zero-order chi connectivity index (χ0) is 29.1. The standard InChI is InChI=1S/C22H14BrClF10N2O2/c23-12-3-11(4-13(24)6-12)15(21(29,30)31)7-17(25)10-1-2-14(16(5-10)22(32,33)34)19(38)35-8-18(37)36-9-20(26,27)28/h1-7,15H,8-9H2,(H,35,38)(H,36,37)/b17-7-. The van der Waals surface area contributed by atoms with Gasteiger partial charge in [-0.3, -0.25) is 9.59 Å². The number of amides is 2. The lowest BCUT2D eigenvalue weighted by Gasteiger charge is -2.19. The fourth-order valence-corrected chi connectivity index (χ4v) is 3.91. The van der Waals surface area contributed by atoms with Crippen LogP contribution in [0.3, 0.4) is 0 Å².